The van der Waals surface area contributed by atoms with Crippen LogP contribution < -0.4 is 5.32 Å². The summed E-state index contributed by atoms with van der Waals surface area (Å²) in [5, 5.41) is 12.9. The van der Waals surface area contributed by atoms with Gasteiger partial charge in [-0.3, -0.25) is 19.9 Å². The highest BCUT2D eigenvalue weighted by Crippen LogP contribution is 2.25. The van der Waals surface area contributed by atoms with E-state index in [0.29, 0.717) is 12.1 Å². The zero-order valence-corrected chi connectivity index (χ0v) is 10.9. The fraction of sp³-hybridized carbons (Fsp3) is 0. The van der Waals surface area contributed by atoms with Crippen LogP contribution in [0.2, 0.25) is 5.02 Å². The Balaban J connectivity index is 2.33. The third-order valence-corrected chi connectivity index (χ3v) is 2.67. The van der Waals surface area contributed by atoms with Gasteiger partial charge >= 0.3 is 5.69 Å². The maximum absolute atomic E-state index is 13.5. The molecule has 0 radical (unpaired) electrons. The quantitative estimate of drug-likeness (QED) is 0.696. The van der Waals surface area contributed by atoms with Gasteiger partial charge in [0.2, 0.25) is 5.82 Å². The summed E-state index contributed by atoms with van der Waals surface area (Å²) in [7, 11) is 0. The molecule has 1 aromatic carbocycles. The Bertz CT molecular complexity index is 740. The first-order valence-electron chi connectivity index (χ1n) is 5.45. The van der Waals surface area contributed by atoms with Gasteiger partial charge in [0.1, 0.15) is 11.5 Å². The maximum atomic E-state index is 13.5. The summed E-state index contributed by atoms with van der Waals surface area (Å²) in [4.78, 5) is 25.1. The lowest BCUT2D eigenvalue weighted by molar-refractivity contribution is -0.387. The predicted octanol–water partition coefficient (Wildman–Crippen LogP) is 3.17. The number of nitro groups is 1. The van der Waals surface area contributed by atoms with E-state index in [2.05, 4.69) is 10.3 Å². The zero-order valence-electron chi connectivity index (χ0n) is 10.1. The number of aromatic nitrogens is 1. The monoisotopic (exact) mass is 313 g/mol. The van der Waals surface area contributed by atoms with Gasteiger partial charge < -0.3 is 5.32 Å². The van der Waals surface area contributed by atoms with Gasteiger partial charge in [-0.05, 0) is 12.1 Å². The van der Waals surface area contributed by atoms with Gasteiger partial charge in [-0.15, -0.1) is 0 Å². The second-order valence-corrected chi connectivity index (χ2v) is 4.29. The van der Waals surface area contributed by atoms with E-state index in [4.69, 9.17) is 11.6 Å². The molecule has 0 aliphatic heterocycles. The molecule has 0 atom stereocenters. The van der Waals surface area contributed by atoms with E-state index in [1.165, 1.54) is 18.3 Å². The van der Waals surface area contributed by atoms with Crippen LogP contribution in [0.4, 0.5) is 20.2 Å². The lowest BCUT2D eigenvalue weighted by atomic mass is 10.2. The number of nitrogens with one attached hydrogen (secondary N) is 1. The lowest BCUT2D eigenvalue weighted by Crippen LogP contribution is -2.15. The van der Waals surface area contributed by atoms with Gasteiger partial charge in [0.15, 0.2) is 0 Å². The van der Waals surface area contributed by atoms with E-state index in [1.54, 1.807) is 0 Å². The average Bonchev–Trinajstić information content (AvgIpc) is 2.41. The molecular formula is C12H6ClF2N3O3. The molecule has 108 valence electrons. The van der Waals surface area contributed by atoms with Gasteiger partial charge in [-0.1, -0.05) is 11.6 Å². The first-order valence-corrected chi connectivity index (χ1v) is 5.82. The number of hydrogen-bond acceptors (Lipinski definition) is 4. The summed E-state index contributed by atoms with van der Waals surface area (Å²) >= 11 is 5.68. The average molecular weight is 314 g/mol. The minimum Gasteiger partial charge on any atom is -0.318 e. The molecule has 1 heterocycles. The number of nitro benzene ring substituents is 1. The first kappa shape index (κ1) is 14.8. The molecule has 21 heavy (non-hydrogen) atoms. The molecule has 0 aliphatic rings. The molecule has 2 rings (SSSR count). The van der Waals surface area contributed by atoms with E-state index >= 15 is 0 Å². The Morgan fingerprint density at radius 1 is 1.29 bits per heavy atom. The number of pyridine rings is 1. The molecule has 0 unspecified atom stereocenters. The molecule has 0 saturated heterocycles. The highest BCUT2D eigenvalue weighted by atomic mass is 35.5. The molecule has 0 fully saturated rings. The van der Waals surface area contributed by atoms with Gasteiger partial charge in [-0.25, -0.2) is 4.39 Å². The van der Waals surface area contributed by atoms with Crippen LogP contribution in [0.1, 0.15) is 10.5 Å². The predicted molar refractivity (Wildman–Crippen MR) is 70.2 cm³/mol. The Kier molecular flexibility index (Phi) is 4.08. The Labute approximate surface area is 121 Å². The van der Waals surface area contributed by atoms with Crippen molar-refractivity contribution in [2.75, 3.05) is 5.32 Å². The Hall–Kier alpha value is -2.61. The molecule has 1 aromatic heterocycles. The van der Waals surface area contributed by atoms with Crippen molar-refractivity contribution in [2.24, 2.45) is 0 Å². The third kappa shape index (κ3) is 3.29. The van der Waals surface area contributed by atoms with Crippen LogP contribution in [0.25, 0.3) is 0 Å². The van der Waals surface area contributed by atoms with Gasteiger partial charge in [-0.2, -0.15) is 4.39 Å². The van der Waals surface area contributed by atoms with Crippen LogP contribution in [-0.2, 0) is 0 Å². The van der Waals surface area contributed by atoms with Crippen molar-refractivity contribution < 1.29 is 18.5 Å². The van der Waals surface area contributed by atoms with E-state index < -0.39 is 33.8 Å². The number of carbonyl (C=O) groups is 1. The minimum absolute atomic E-state index is 0.117. The van der Waals surface area contributed by atoms with Crippen LogP contribution in [0, 0.1) is 21.7 Å². The number of rotatable bonds is 3. The molecule has 6 nitrogen and oxygen atoms in total. The molecular weight excluding hydrogens is 308 g/mol. The molecule has 0 aliphatic carbocycles. The number of benzene rings is 1. The fourth-order valence-electron chi connectivity index (χ4n) is 1.49. The van der Waals surface area contributed by atoms with Crippen LogP contribution in [0.15, 0.2) is 30.5 Å². The van der Waals surface area contributed by atoms with E-state index in [-0.39, 0.29) is 10.7 Å². The molecule has 0 saturated carbocycles. The molecule has 1 amide bonds. The summed E-state index contributed by atoms with van der Waals surface area (Å²) < 4.78 is 26.7. The first-order chi connectivity index (χ1) is 9.88. The largest absolute Gasteiger partial charge is 0.318 e. The molecule has 2 aromatic rings. The summed E-state index contributed by atoms with van der Waals surface area (Å²) in [6, 6.07) is 3.57. The highest BCUT2D eigenvalue weighted by Gasteiger charge is 2.20. The van der Waals surface area contributed by atoms with Crippen molar-refractivity contribution in [2.45, 2.75) is 0 Å². The fourth-order valence-corrected chi connectivity index (χ4v) is 1.65. The van der Waals surface area contributed by atoms with Crippen LogP contribution in [0.3, 0.4) is 0 Å². The number of anilines is 1. The standard InChI is InChI=1S/C12H6ClF2N3O3/c13-6-1-2-16-10(3-6)12(19)17-9-5-11(18(20)21)8(15)4-7(9)14/h1-5H,(H,17,19). The topological polar surface area (TPSA) is 85.1 Å². The molecule has 0 spiro atoms. The SMILES string of the molecule is O=C(Nc1cc([N+](=O)[O-])c(F)cc1F)c1cc(Cl)ccn1. The number of halogens is 3. The zero-order chi connectivity index (χ0) is 15.6. The highest BCUT2D eigenvalue weighted by molar-refractivity contribution is 6.30. The Morgan fingerprint density at radius 2 is 2.00 bits per heavy atom. The summed E-state index contributed by atoms with van der Waals surface area (Å²) in [6.45, 7) is 0. The number of hydrogen-bond donors (Lipinski definition) is 1. The van der Waals surface area contributed by atoms with Gasteiger partial charge in [0.25, 0.3) is 5.91 Å². The second kappa shape index (κ2) is 5.80. The van der Waals surface area contributed by atoms with Crippen molar-refractivity contribution in [3.8, 4) is 0 Å². The summed E-state index contributed by atoms with van der Waals surface area (Å²) in [6.07, 6.45) is 1.26. The van der Waals surface area contributed by atoms with Crippen LogP contribution >= 0.6 is 11.6 Å². The smallest absolute Gasteiger partial charge is 0.307 e. The lowest BCUT2D eigenvalue weighted by Gasteiger charge is -2.06. The molecule has 1 N–H and O–H groups in total. The van der Waals surface area contributed by atoms with Gasteiger partial charge in [0, 0.05) is 23.4 Å². The van der Waals surface area contributed by atoms with E-state index in [1.807, 2.05) is 0 Å². The number of carbonyl (C=O) groups excluding carboxylic acids is 1. The minimum atomic E-state index is -1.34. The normalized spacial score (nSPS) is 10.2. The molecule has 0 bridgehead atoms. The van der Waals surface area contributed by atoms with E-state index in [9.17, 15) is 23.7 Å². The van der Waals surface area contributed by atoms with Crippen molar-refractivity contribution in [3.05, 3.63) is 62.9 Å². The maximum Gasteiger partial charge on any atom is 0.307 e. The second-order valence-electron chi connectivity index (χ2n) is 3.85. The van der Waals surface area contributed by atoms with Crippen LogP contribution in [-0.4, -0.2) is 15.8 Å². The summed E-state index contributed by atoms with van der Waals surface area (Å²) in [5.41, 5.74) is -1.60. The van der Waals surface area contributed by atoms with Crippen molar-refractivity contribution in [1.29, 1.82) is 0 Å². The van der Waals surface area contributed by atoms with Crippen molar-refractivity contribution in [1.82, 2.24) is 4.98 Å². The summed E-state index contributed by atoms with van der Waals surface area (Å²) in [5.74, 6) is -3.32. The number of amides is 1. The van der Waals surface area contributed by atoms with Crippen molar-refractivity contribution in [3.63, 3.8) is 0 Å². The van der Waals surface area contributed by atoms with Crippen LogP contribution in [0.5, 0.6) is 0 Å². The Morgan fingerprint density at radius 3 is 2.62 bits per heavy atom. The third-order valence-electron chi connectivity index (χ3n) is 2.44. The number of nitrogens with zero attached hydrogens (tertiary/aromatic N) is 2. The van der Waals surface area contributed by atoms with Gasteiger partial charge in [0.05, 0.1) is 10.6 Å². The molecule has 9 heteroatoms. The van der Waals surface area contributed by atoms with E-state index in [0.717, 1.165) is 0 Å². The van der Waals surface area contributed by atoms with Crippen molar-refractivity contribution >= 4 is 28.9 Å².